The SMILES string of the molecule is CCCCCCCCCCCCc1ccc(O)c(C=O)c1O. The van der Waals surface area contributed by atoms with Crippen LogP contribution in [-0.2, 0) is 6.42 Å². The Bertz CT molecular complexity index is 441. The first-order valence-electron chi connectivity index (χ1n) is 8.69. The van der Waals surface area contributed by atoms with Crippen molar-refractivity contribution in [3.8, 4) is 11.5 Å². The van der Waals surface area contributed by atoms with E-state index in [-0.39, 0.29) is 17.1 Å². The Hall–Kier alpha value is -1.51. The number of hydrogen-bond acceptors (Lipinski definition) is 3. The van der Waals surface area contributed by atoms with Gasteiger partial charge in [-0.15, -0.1) is 0 Å². The van der Waals surface area contributed by atoms with Crippen molar-refractivity contribution in [2.75, 3.05) is 0 Å². The summed E-state index contributed by atoms with van der Waals surface area (Å²) >= 11 is 0. The van der Waals surface area contributed by atoms with Gasteiger partial charge in [-0.05, 0) is 24.5 Å². The zero-order valence-corrected chi connectivity index (χ0v) is 13.8. The van der Waals surface area contributed by atoms with Gasteiger partial charge in [0.05, 0.1) is 5.56 Å². The summed E-state index contributed by atoms with van der Waals surface area (Å²) in [6.07, 6.45) is 14.0. The number of carbonyl (C=O) groups is 1. The Morgan fingerprint density at radius 3 is 1.95 bits per heavy atom. The van der Waals surface area contributed by atoms with E-state index in [9.17, 15) is 15.0 Å². The van der Waals surface area contributed by atoms with Crippen LogP contribution in [0.5, 0.6) is 11.5 Å². The normalized spacial score (nSPS) is 10.8. The van der Waals surface area contributed by atoms with Crippen molar-refractivity contribution >= 4 is 6.29 Å². The van der Waals surface area contributed by atoms with Crippen LogP contribution < -0.4 is 0 Å². The van der Waals surface area contributed by atoms with Gasteiger partial charge in [-0.3, -0.25) is 4.79 Å². The van der Waals surface area contributed by atoms with E-state index in [0.29, 0.717) is 6.29 Å². The van der Waals surface area contributed by atoms with E-state index in [1.165, 1.54) is 57.4 Å². The van der Waals surface area contributed by atoms with Crippen molar-refractivity contribution in [2.45, 2.75) is 77.6 Å². The van der Waals surface area contributed by atoms with Gasteiger partial charge < -0.3 is 10.2 Å². The number of phenolic OH excluding ortho intramolecular Hbond substituents is 2. The minimum atomic E-state index is -0.153. The molecule has 0 aliphatic carbocycles. The molecule has 3 heteroatoms. The number of hydrogen-bond donors (Lipinski definition) is 2. The Morgan fingerprint density at radius 1 is 0.864 bits per heavy atom. The maximum absolute atomic E-state index is 10.8. The number of rotatable bonds is 12. The van der Waals surface area contributed by atoms with Crippen molar-refractivity contribution < 1.29 is 15.0 Å². The van der Waals surface area contributed by atoms with Crippen molar-refractivity contribution in [2.24, 2.45) is 0 Å². The van der Waals surface area contributed by atoms with E-state index < -0.39 is 0 Å². The summed E-state index contributed by atoms with van der Waals surface area (Å²) in [5, 5.41) is 19.4. The second-order valence-electron chi connectivity index (χ2n) is 6.06. The average Bonchev–Trinajstić information content (AvgIpc) is 2.51. The van der Waals surface area contributed by atoms with Gasteiger partial charge in [0.15, 0.2) is 6.29 Å². The molecule has 0 amide bonds. The molecule has 2 N–H and O–H groups in total. The fraction of sp³-hybridized carbons (Fsp3) is 0.632. The smallest absolute Gasteiger partial charge is 0.157 e. The van der Waals surface area contributed by atoms with E-state index in [2.05, 4.69) is 6.92 Å². The molecule has 1 rings (SSSR count). The molecular weight excluding hydrogens is 276 g/mol. The fourth-order valence-corrected chi connectivity index (χ4v) is 2.76. The third-order valence-corrected chi connectivity index (χ3v) is 4.20. The third kappa shape index (κ3) is 6.50. The minimum absolute atomic E-state index is 0.00424. The number of aldehydes is 1. The van der Waals surface area contributed by atoms with Crippen LogP contribution in [0.3, 0.4) is 0 Å². The summed E-state index contributed by atoms with van der Waals surface area (Å²) in [5.74, 6) is -0.217. The van der Waals surface area contributed by atoms with Crippen molar-refractivity contribution in [1.82, 2.24) is 0 Å². The molecule has 0 fully saturated rings. The van der Waals surface area contributed by atoms with Gasteiger partial charge in [0.1, 0.15) is 11.5 Å². The van der Waals surface area contributed by atoms with Gasteiger partial charge in [-0.1, -0.05) is 70.8 Å². The quantitative estimate of drug-likeness (QED) is 0.403. The van der Waals surface area contributed by atoms with Gasteiger partial charge in [0.2, 0.25) is 0 Å². The first kappa shape index (κ1) is 18.5. The lowest BCUT2D eigenvalue weighted by atomic mass is 10.0. The van der Waals surface area contributed by atoms with Gasteiger partial charge in [-0.2, -0.15) is 0 Å². The molecule has 0 aliphatic rings. The fourth-order valence-electron chi connectivity index (χ4n) is 2.76. The number of aromatic hydroxyl groups is 2. The van der Waals surface area contributed by atoms with E-state index in [1.54, 1.807) is 6.07 Å². The van der Waals surface area contributed by atoms with E-state index in [4.69, 9.17) is 0 Å². The van der Waals surface area contributed by atoms with Gasteiger partial charge >= 0.3 is 0 Å². The van der Waals surface area contributed by atoms with Gasteiger partial charge in [0, 0.05) is 0 Å². The van der Waals surface area contributed by atoms with Crippen LogP contribution in [0.1, 0.15) is 87.1 Å². The van der Waals surface area contributed by atoms with Crippen LogP contribution in [-0.4, -0.2) is 16.5 Å². The summed E-state index contributed by atoms with van der Waals surface area (Å²) in [5.41, 5.74) is 0.754. The van der Waals surface area contributed by atoms with Crippen molar-refractivity contribution in [3.63, 3.8) is 0 Å². The second kappa shape index (κ2) is 11.1. The molecule has 0 radical (unpaired) electrons. The Labute approximate surface area is 134 Å². The Balaban J connectivity index is 2.14. The number of benzene rings is 1. The average molecular weight is 306 g/mol. The first-order valence-corrected chi connectivity index (χ1v) is 8.69. The molecule has 124 valence electrons. The minimum Gasteiger partial charge on any atom is -0.507 e. The summed E-state index contributed by atoms with van der Waals surface area (Å²) < 4.78 is 0. The molecule has 0 aliphatic heterocycles. The third-order valence-electron chi connectivity index (χ3n) is 4.20. The lowest BCUT2D eigenvalue weighted by Gasteiger charge is -2.08. The van der Waals surface area contributed by atoms with Crippen LogP contribution in [0.2, 0.25) is 0 Å². The molecule has 0 saturated heterocycles. The van der Waals surface area contributed by atoms with Crippen molar-refractivity contribution in [1.29, 1.82) is 0 Å². The topological polar surface area (TPSA) is 57.5 Å². The van der Waals surface area contributed by atoms with Crippen LogP contribution in [0, 0.1) is 0 Å². The zero-order chi connectivity index (χ0) is 16.2. The molecule has 22 heavy (non-hydrogen) atoms. The summed E-state index contributed by atoms with van der Waals surface area (Å²) in [4.78, 5) is 10.8. The Morgan fingerprint density at radius 2 is 1.41 bits per heavy atom. The van der Waals surface area contributed by atoms with Crippen molar-refractivity contribution in [3.05, 3.63) is 23.3 Å². The number of phenols is 2. The second-order valence-corrected chi connectivity index (χ2v) is 6.06. The molecule has 3 nitrogen and oxygen atoms in total. The lowest BCUT2D eigenvalue weighted by molar-refractivity contribution is 0.111. The first-order chi connectivity index (χ1) is 10.7. The standard InChI is InChI=1S/C19H30O3/c1-2-3-4-5-6-7-8-9-10-11-12-16-13-14-18(21)17(15-20)19(16)22/h13-15,21-22H,2-12H2,1H3. The maximum atomic E-state index is 10.8. The molecule has 0 spiro atoms. The largest absolute Gasteiger partial charge is 0.507 e. The molecule has 0 aromatic heterocycles. The molecule has 1 aromatic rings. The molecule has 1 aromatic carbocycles. The summed E-state index contributed by atoms with van der Waals surface area (Å²) in [6.45, 7) is 2.24. The number of aryl methyl sites for hydroxylation is 1. The molecule has 0 heterocycles. The Kier molecular flexibility index (Phi) is 9.36. The molecule has 0 saturated carbocycles. The molecule has 0 bridgehead atoms. The van der Waals surface area contributed by atoms with Crippen LogP contribution in [0.4, 0.5) is 0 Å². The number of unbranched alkanes of at least 4 members (excludes halogenated alkanes) is 9. The monoisotopic (exact) mass is 306 g/mol. The van der Waals surface area contributed by atoms with E-state index in [0.717, 1.165) is 24.8 Å². The molecule has 0 atom stereocenters. The van der Waals surface area contributed by atoms with Crippen LogP contribution in [0.25, 0.3) is 0 Å². The molecular formula is C19H30O3. The highest BCUT2D eigenvalue weighted by Gasteiger charge is 2.10. The van der Waals surface area contributed by atoms with E-state index in [1.807, 2.05) is 0 Å². The van der Waals surface area contributed by atoms with E-state index >= 15 is 0 Å². The summed E-state index contributed by atoms with van der Waals surface area (Å²) in [6, 6.07) is 3.18. The lowest BCUT2D eigenvalue weighted by Crippen LogP contribution is -1.92. The van der Waals surface area contributed by atoms with Crippen LogP contribution >= 0.6 is 0 Å². The van der Waals surface area contributed by atoms with Crippen LogP contribution in [0.15, 0.2) is 12.1 Å². The predicted molar refractivity (Wildman–Crippen MR) is 90.7 cm³/mol. The van der Waals surface area contributed by atoms with Gasteiger partial charge in [-0.25, -0.2) is 0 Å². The predicted octanol–water partition coefficient (Wildman–Crippen LogP) is 5.37. The highest BCUT2D eigenvalue weighted by atomic mass is 16.3. The number of carbonyl (C=O) groups excluding carboxylic acids is 1. The zero-order valence-electron chi connectivity index (χ0n) is 13.8. The molecule has 0 unspecified atom stereocenters. The highest BCUT2D eigenvalue weighted by Crippen LogP contribution is 2.30. The maximum Gasteiger partial charge on any atom is 0.157 e. The highest BCUT2D eigenvalue weighted by molar-refractivity contribution is 5.84. The summed E-state index contributed by atoms with van der Waals surface area (Å²) in [7, 11) is 0. The van der Waals surface area contributed by atoms with Gasteiger partial charge in [0.25, 0.3) is 0 Å².